The molecule has 0 heterocycles. The first-order valence-electron chi connectivity index (χ1n) is 5.92. The van der Waals surface area contributed by atoms with Gasteiger partial charge >= 0.3 is 0 Å². The molecule has 4 heteroatoms. The first kappa shape index (κ1) is 14.0. The van der Waals surface area contributed by atoms with Gasteiger partial charge in [-0.15, -0.1) is 0 Å². The number of aryl methyl sites for hydroxylation is 2. The Morgan fingerprint density at radius 3 is 2.53 bits per heavy atom. The number of benzene rings is 2. The molecule has 2 aromatic rings. The van der Waals surface area contributed by atoms with E-state index in [-0.39, 0.29) is 6.54 Å². The number of hydrogen-bond acceptors (Lipinski definition) is 1. The Morgan fingerprint density at radius 1 is 1.11 bits per heavy atom. The van der Waals surface area contributed by atoms with Crippen molar-refractivity contribution >= 4 is 21.6 Å². The molecule has 19 heavy (non-hydrogen) atoms. The Bertz CT molecular complexity index is 588. The van der Waals surface area contributed by atoms with Gasteiger partial charge in [0.05, 0.1) is 5.69 Å². The van der Waals surface area contributed by atoms with E-state index in [0.717, 1.165) is 33.4 Å². The van der Waals surface area contributed by atoms with E-state index in [1.54, 1.807) is 0 Å². The summed E-state index contributed by atoms with van der Waals surface area (Å²) < 4.78 is 27.5. The Balaban J connectivity index is 2.21. The molecule has 1 nitrogen and oxygen atoms in total. The van der Waals surface area contributed by atoms with Gasteiger partial charge in [-0.25, -0.2) is 8.78 Å². The molecule has 2 rings (SSSR count). The molecule has 0 spiro atoms. The van der Waals surface area contributed by atoms with Gasteiger partial charge in [0.1, 0.15) is 11.6 Å². The maximum Gasteiger partial charge on any atom is 0.128 e. The van der Waals surface area contributed by atoms with E-state index in [1.165, 1.54) is 6.07 Å². The van der Waals surface area contributed by atoms with Gasteiger partial charge in [-0.1, -0.05) is 6.07 Å². The van der Waals surface area contributed by atoms with Gasteiger partial charge in [-0.3, -0.25) is 0 Å². The molecule has 0 radical (unpaired) electrons. The molecule has 0 aliphatic rings. The molecule has 0 atom stereocenters. The van der Waals surface area contributed by atoms with Crippen molar-refractivity contribution in [1.82, 2.24) is 0 Å². The van der Waals surface area contributed by atoms with Gasteiger partial charge in [-0.05, 0) is 65.2 Å². The van der Waals surface area contributed by atoms with Crippen molar-refractivity contribution in [2.45, 2.75) is 20.4 Å². The topological polar surface area (TPSA) is 12.0 Å². The van der Waals surface area contributed by atoms with E-state index in [0.29, 0.717) is 5.56 Å². The zero-order valence-corrected chi connectivity index (χ0v) is 12.3. The highest BCUT2D eigenvalue weighted by Crippen LogP contribution is 2.28. The summed E-state index contributed by atoms with van der Waals surface area (Å²) in [6, 6.07) is 7.49. The molecule has 0 aliphatic heterocycles. The Labute approximate surface area is 119 Å². The molecule has 0 bridgehead atoms. The van der Waals surface area contributed by atoms with E-state index in [4.69, 9.17) is 0 Å². The van der Waals surface area contributed by atoms with Crippen LogP contribution in [0.25, 0.3) is 0 Å². The number of nitrogens with one attached hydrogen (secondary N) is 1. The molecule has 2 aromatic carbocycles. The van der Waals surface area contributed by atoms with Crippen molar-refractivity contribution in [1.29, 1.82) is 0 Å². The highest BCUT2D eigenvalue weighted by Gasteiger charge is 2.07. The lowest BCUT2D eigenvalue weighted by Crippen LogP contribution is -2.04. The highest BCUT2D eigenvalue weighted by atomic mass is 79.9. The molecule has 0 fully saturated rings. The van der Waals surface area contributed by atoms with Crippen molar-refractivity contribution in [2.75, 3.05) is 5.32 Å². The van der Waals surface area contributed by atoms with Crippen LogP contribution in [0.4, 0.5) is 14.5 Å². The standard InChI is InChI=1S/C15H14BrF2N/c1-9-5-10(2)15(13(16)6-9)19-8-11-7-12(17)3-4-14(11)18/h3-7,19H,8H2,1-2H3. The molecule has 0 aliphatic carbocycles. The van der Waals surface area contributed by atoms with Gasteiger partial charge < -0.3 is 5.32 Å². The first-order chi connectivity index (χ1) is 8.97. The predicted octanol–water partition coefficient (Wildman–Crippen LogP) is 4.96. The summed E-state index contributed by atoms with van der Waals surface area (Å²) in [5.74, 6) is -0.840. The lowest BCUT2D eigenvalue weighted by atomic mass is 10.1. The summed E-state index contributed by atoms with van der Waals surface area (Å²) in [7, 11) is 0. The molecule has 0 saturated carbocycles. The fraction of sp³-hybridized carbons (Fsp3) is 0.200. The summed E-state index contributed by atoms with van der Waals surface area (Å²) >= 11 is 3.47. The third-order valence-corrected chi connectivity index (χ3v) is 3.52. The van der Waals surface area contributed by atoms with Gasteiger partial charge in [0.2, 0.25) is 0 Å². The van der Waals surface area contributed by atoms with Crippen LogP contribution in [0.5, 0.6) is 0 Å². The lowest BCUT2D eigenvalue weighted by molar-refractivity contribution is 0.587. The van der Waals surface area contributed by atoms with Crippen LogP contribution in [0.15, 0.2) is 34.8 Å². The zero-order chi connectivity index (χ0) is 14.0. The van der Waals surface area contributed by atoms with Gasteiger partial charge in [-0.2, -0.15) is 0 Å². The molecule has 0 amide bonds. The van der Waals surface area contributed by atoms with Crippen molar-refractivity contribution < 1.29 is 8.78 Å². The minimum Gasteiger partial charge on any atom is -0.380 e. The Kier molecular flexibility index (Phi) is 4.20. The van der Waals surface area contributed by atoms with Crippen LogP contribution in [0.3, 0.4) is 0 Å². The molecular formula is C15H14BrF2N. The third kappa shape index (κ3) is 3.32. The summed E-state index contributed by atoms with van der Waals surface area (Å²) in [5, 5.41) is 3.14. The smallest absolute Gasteiger partial charge is 0.128 e. The maximum atomic E-state index is 13.5. The van der Waals surface area contributed by atoms with Gasteiger partial charge in [0.25, 0.3) is 0 Å². The van der Waals surface area contributed by atoms with E-state index in [1.807, 2.05) is 26.0 Å². The van der Waals surface area contributed by atoms with Crippen LogP contribution in [0, 0.1) is 25.5 Å². The predicted molar refractivity (Wildman–Crippen MR) is 77.3 cm³/mol. The molecule has 0 saturated heterocycles. The van der Waals surface area contributed by atoms with E-state index in [9.17, 15) is 8.78 Å². The Hall–Kier alpha value is -1.42. The largest absolute Gasteiger partial charge is 0.380 e. The van der Waals surface area contributed by atoms with Crippen LogP contribution in [-0.2, 0) is 6.54 Å². The van der Waals surface area contributed by atoms with E-state index >= 15 is 0 Å². The molecule has 0 aromatic heterocycles. The van der Waals surface area contributed by atoms with E-state index in [2.05, 4.69) is 21.2 Å². The maximum absolute atomic E-state index is 13.5. The van der Waals surface area contributed by atoms with E-state index < -0.39 is 11.6 Å². The zero-order valence-electron chi connectivity index (χ0n) is 10.7. The Morgan fingerprint density at radius 2 is 1.84 bits per heavy atom. The molecule has 100 valence electrons. The third-order valence-electron chi connectivity index (χ3n) is 2.90. The minimum absolute atomic E-state index is 0.242. The van der Waals surface area contributed by atoms with Crippen molar-refractivity contribution in [3.63, 3.8) is 0 Å². The van der Waals surface area contributed by atoms with Crippen molar-refractivity contribution in [2.24, 2.45) is 0 Å². The molecule has 0 unspecified atom stereocenters. The van der Waals surface area contributed by atoms with Gasteiger partial charge in [0.15, 0.2) is 0 Å². The summed E-state index contributed by atoms with van der Waals surface area (Å²) in [6.45, 7) is 4.22. The SMILES string of the molecule is Cc1cc(C)c(NCc2cc(F)ccc2F)c(Br)c1. The number of anilines is 1. The summed E-state index contributed by atoms with van der Waals surface area (Å²) in [5.41, 5.74) is 3.41. The average molecular weight is 326 g/mol. The van der Waals surface area contributed by atoms with Crippen LogP contribution >= 0.6 is 15.9 Å². The highest BCUT2D eigenvalue weighted by molar-refractivity contribution is 9.10. The number of hydrogen-bond donors (Lipinski definition) is 1. The summed E-state index contributed by atoms with van der Waals surface area (Å²) in [4.78, 5) is 0. The summed E-state index contributed by atoms with van der Waals surface area (Å²) in [6.07, 6.45) is 0. The van der Waals surface area contributed by atoms with Crippen molar-refractivity contribution in [3.8, 4) is 0 Å². The molecular weight excluding hydrogens is 312 g/mol. The van der Waals surface area contributed by atoms with Crippen LogP contribution in [0.2, 0.25) is 0 Å². The lowest BCUT2D eigenvalue weighted by Gasteiger charge is -2.13. The van der Waals surface area contributed by atoms with Crippen LogP contribution in [0.1, 0.15) is 16.7 Å². The number of rotatable bonds is 3. The monoisotopic (exact) mass is 325 g/mol. The van der Waals surface area contributed by atoms with Crippen LogP contribution in [-0.4, -0.2) is 0 Å². The minimum atomic E-state index is -0.433. The number of halogens is 3. The second kappa shape index (κ2) is 5.70. The molecule has 1 N–H and O–H groups in total. The van der Waals surface area contributed by atoms with Crippen LogP contribution < -0.4 is 5.32 Å². The normalized spacial score (nSPS) is 10.6. The first-order valence-corrected chi connectivity index (χ1v) is 6.71. The second-order valence-corrected chi connectivity index (χ2v) is 5.38. The second-order valence-electron chi connectivity index (χ2n) is 4.53. The van der Waals surface area contributed by atoms with Gasteiger partial charge in [0, 0.05) is 16.6 Å². The fourth-order valence-corrected chi connectivity index (χ4v) is 2.82. The quantitative estimate of drug-likeness (QED) is 0.841. The van der Waals surface area contributed by atoms with Crippen molar-refractivity contribution in [3.05, 3.63) is 63.1 Å². The average Bonchev–Trinajstić information content (AvgIpc) is 2.32. The fourth-order valence-electron chi connectivity index (χ4n) is 2.00.